The number of hydrogen-bond donors (Lipinski definition) is 1. The standard InChI is InChI=1S/C25H17ClN8O2S/c26-16-1-3-20(33-13-30-31-32-33)18(10-16)14-7-17-2-4-21(34(17)24(35)9-14)19-8-15(11-28-19)22-5-6-23(37-22)25(36)29-12-27/h1,3,5-7,9-11,13,21H,2,4,8H2,(H,29,36)/t21-/m0/s1. The van der Waals surface area contributed by atoms with Gasteiger partial charge in [-0.2, -0.15) is 9.94 Å². The first kappa shape index (κ1) is 23.0. The van der Waals surface area contributed by atoms with E-state index in [-0.39, 0.29) is 11.6 Å². The van der Waals surface area contributed by atoms with Gasteiger partial charge in [0.25, 0.3) is 11.5 Å². The molecular weight excluding hydrogens is 512 g/mol. The van der Waals surface area contributed by atoms with Gasteiger partial charge in [-0.3, -0.25) is 19.9 Å². The van der Waals surface area contributed by atoms with Crippen molar-refractivity contribution >= 4 is 40.1 Å². The Morgan fingerprint density at radius 1 is 1.22 bits per heavy atom. The SMILES string of the molecule is N#CNC(=O)c1ccc(C2=CN=C([C@@H]3CCc4cc(-c5cc(Cl)ccc5-n5cnnn5)cc(=O)n43)C2)s1. The van der Waals surface area contributed by atoms with Crippen LogP contribution in [0.3, 0.4) is 0 Å². The van der Waals surface area contributed by atoms with Crippen molar-refractivity contribution in [3.05, 3.63) is 85.8 Å². The number of carbonyl (C=O) groups is 1. The van der Waals surface area contributed by atoms with Crippen molar-refractivity contribution in [2.75, 3.05) is 0 Å². The van der Waals surface area contributed by atoms with Crippen molar-refractivity contribution in [1.82, 2.24) is 30.1 Å². The Balaban J connectivity index is 1.27. The average molecular weight is 529 g/mol. The lowest BCUT2D eigenvalue weighted by molar-refractivity contribution is 0.0977. The van der Waals surface area contributed by atoms with Crippen LogP contribution in [0.2, 0.25) is 5.02 Å². The number of aryl methyl sites for hydroxylation is 1. The molecule has 0 bridgehead atoms. The molecule has 0 radical (unpaired) electrons. The second-order valence-electron chi connectivity index (χ2n) is 8.60. The minimum atomic E-state index is -0.423. The van der Waals surface area contributed by atoms with E-state index in [0.29, 0.717) is 16.3 Å². The number of amides is 1. The number of aromatic nitrogens is 5. The van der Waals surface area contributed by atoms with Gasteiger partial charge in [0.05, 0.1) is 16.6 Å². The zero-order chi connectivity index (χ0) is 25.5. The van der Waals surface area contributed by atoms with Crippen LogP contribution >= 0.6 is 22.9 Å². The van der Waals surface area contributed by atoms with Gasteiger partial charge in [0, 0.05) is 45.6 Å². The molecule has 0 saturated heterocycles. The number of halogens is 1. The molecule has 1 aromatic carbocycles. The molecule has 12 heteroatoms. The van der Waals surface area contributed by atoms with Gasteiger partial charge in [0.1, 0.15) is 6.33 Å². The van der Waals surface area contributed by atoms with Crippen LogP contribution in [0, 0.1) is 11.5 Å². The number of fused-ring (bicyclic) bond motifs is 1. The van der Waals surface area contributed by atoms with Crippen LogP contribution in [-0.4, -0.2) is 36.4 Å². The number of nitriles is 1. The van der Waals surface area contributed by atoms with E-state index in [1.54, 1.807) is 41.3 Å². The number of aliphatic imine (C=N–C) groups is 1. The van der Waals surface area contributed by atoms with Crippen molar-refractivity contribution in [2.45, 2.75) is 25.3 Å². The zero-order valence-corrected chi connectivity index (χ0v) is 20.7. The van der Waals surface area contributed by atoms with Crippen LogP contribution in [-0.2, 0) is 6.42 Å². The largest absolute Gasteiger partial charge is 0.304 e. The minimum Gasteiger partial charge on any atom is -0.304 e. The second-order valence-corrected chi connectivity index (χ2v) is 10.1. The summed E-state index contributed by atoms with van der Waals surface area (Å²) in [5.41, 5.74) is 4.95. The summed E-state index contributed by atoms with van der Waals surface area (Å²) >= 11 is 7.60. The number of hydrogen-bond acceptors (Lipinski definition) is 8. The number of allylic oxidation sites excluding steroid dienone is 1. The zero-order valence-electron chi connectivity index (χ0n) is 19.1. The van der Waals surface area contributed by atoms with Gasteiger partial charge in [-0.25, -0.2) is 0 Å². The number of rotatable bonds is 5. The first-order valence-corrected chi connectivity index (χ1v) is 12.6. The van der Waals surface area contributed by atoms with E-state index < -0.39 is 5.91 Å². The number of nitrogens with one attached hydrogen (secondary N) is 1. The van der Waals surface area contributed by atoms with Crippen LogP contribution in [0.4, 0.5) is 0 Å². The Bertz CT molecular complexity index is 1710. The third-order valence-corrected chi connectivity index (χ3v) is 7.85. The van der Waals surface area contributed by atoms with Gasteiger partial charge in [0.15, 0.2) is 6.19 Å². The Hall–Kier alpha value is -4.40. The summed E-state index contributed by atoms with van der Waals surface area (Å²) < 4.78 is 3.36. The van der Waals surface area contributed by atoms with Crippen molar-refractivity contribution in [2.24, 2.45) is 4.99 Å². The first-order valence-electron chi connectivity index (χ1n) is 11.4. The predicted molar refractivity (Wildman–Crippen MR) is 139 cm³/mol. The van der Waals surface area contributed by atoms with Gasteiger partial charge in [-0.05, 0) is 70.8 Å². The highest BCUT2D eigenvalue weighted by atomic mass is 35.5. The summed E-state index contributed by atoms with van der Waals surface area (Å²) in [5, 5.41) is 22.8. The Morgan fingerprint density at radius 2 is 2.11 bits per heavy atom. The molecule has 182 valence electrons. The first-order chi connectivity index (χ1) is 18.0. The summed E-state index contributed by atoms with van der Waals surface area (Å²) in [6, 6.07) is 12.4. The highest BCUT2D eigenvalue weighted by Crippen LogP contribution is 2.37. The molecule has 1 amide bonds. The topological polar surface area (TPSA) is 131 Å². The van der Waals surface area contributed by atoms with E-state index in [1.165, 1.54) is 17.7 Å². The van der Waals surface area contributed by atoms with E-state index in [9.17, 15) is 9.59 Å². The fraction of sp³-hybridized carbons (Fsp3) is 0.160. The van der Waals surface area contributed by atoms with Crippen molar-refractivity contribution < 1.29 is 4.79 Å². The maximum Gasteiger partial charge on any atom is 0.274 e. The fourth-order valence-corrected chi connectivity index (χ4v) is 5.90. The number of tetrazole rings is 1. The molecule has 0 saturated carbocycles. The number of carbonyl (C=O) groups excluding carboxylic acids is 1. The van der Waals surface area contributed by atoms with E-state index >= 15 is 0 Å². The number of thiophene rings is 1. The van der Waals surface area contributed by atoms with Crippen LogP contribution in [0.25, 0.3) is 22.4 Å². The maximum absolute atomic E-state index is 13.4. The Labute approximate surface area is 219 Å². The summed E-state index contributed by atoms with van der Waals surface area (Å²) in [6.45, 7) is 0. The maximum atomic E-state index is 13.4. The quantitative estimate of drug-likeness (QED) is 0.310. The van der Waals surface area contributed by atoms with Crippen LogP contribution in [0.15, 0.2) is 64.8 Å². The molecule has 6 rings (SSSR count). The van der Waals surface area contributed by atoms with E-state index in [4.69, 9.17) is 16.9 Å². The number of nitrogens with zero attached hydrogens (tertiary/aromatic N) is 7. The monoisotopic (exact) mass is 528 g/mol. The molecule has 4 aromatic rings. The minimum absolute atomic E-state index is 0.111. The normalized spacial score (nSPS) is 16.2. The highest BCUT2D eigenvalue weighted by molar-refractivity contribution is 7.15. The highest BCUT2D eigenvalue weighted by Gasteiger charge is 2.30. The molecule has 2 aliphatic heterocycles. The van der Waals surface area contributed by atoms with Gasteiger partial charge in [0.2, 0.25) is 0 Å². The average Bonchev–Trinajstić information content (AvgIpc) is 3.69. The molecule has 0 fully saturated rings. The lowest BCUT2D eigenvalue weighted by Crippen LogP contribution is -2.27. The van der Waals surface area contributed by atoms with Gasteiger partial charge >= 0.3 is 0 Å². The summed E-state index contributed by atoms with van der Waals surface area (Å²) in [7, 11) is 0. The third-order valence-electron chi connectivity index (χ3n) is 6.46. The molecule has 37 heavy (non-hydrogen) atoms. The van der Waals surface area contributed by atoms with E-state index in [2.05, 4.69) is 25.8 Å². The predicted octanol–water partition coefficient (Wildman–Crippen LogP) is 3.79. The third kappa shape index (κ3) is 4.16. The molecule has 10 nitrogen and oxygen atoms in total. The van der Waals surface area contributed by atoms with Crippen LogP contribution in [0.1, 0.15) is 39.1 Å². The molecule has 0 aliphatic carbocycles. The molecule has 1 atom stereocenters. The fourth-order valence-electron chi connectivity index (χ4n) is 4.82. The Kier molecular flexibility index (Phi) is 5.75. The van der Waals surface area contributed by atoms with Gasteiger partial charge in [-0.15, -0.1) is 16.4 Å². The Morgan fingerprint density at radius 3 is 2.92 bits per heavy atom. The molecule has 5 heterocycles. The van der Waals surface area contributed by atoms with Crippen molar-refractivity contribution in [1.29, 1.82) is 5.26 Å². The summed E-state index contributed by atoms with van der Waals surface area (Å²) in [5.74, 6) is -0.423. The second kappa shape index (κ2) is 9.24. The smallest absolute Gasteiger partial charge is 0.274 e. The summed E-state index contributed by atoms with van der Waals surface area (Å²) in [4.78, 5) is 31.3. The lowest BCUT2D eigenvalue weighted by Gasteiger charge is -2.17. The molecule has 0 spiro atoms. The van der Waals surface area contributed by atoms with Crippen LogP contribution in [0.5, 0.6) is 0 Å². The van der Waals surface area contributed by atoms with Crippen molar-refractivity contribution in [3.63, 3.8) is 0 Å². The lowest BCUT2D eigenvalue weighted by atomic mass is 10.0. The van der Waals surface area contributed by atoms with Crippen molar-refractivity contribution in [3.8, 4) is 23.0 Å². The van der Waals surface area contributed by atoms with E-state index in [1.807, 2.05) is 22.8 Å². The van der Waals surface area contributed by atoms with E-state index in [0.717, 1.165) is 51.5 Å². The number of benzene rings is 1. The molecule has 2 aliphatic rings. The molecule has 1 N–H and O–H groups in total. The van der Waals surface area contributed by atoms with Gasteiger partial charge in [-0.1, -0.05) is 11.6 Å². The summed E-state index contributed by atoms with van der Waals surface area (Å²) in [6.07, 6.45) is 7.05. The molecular formula is C25H17ClN8O2S. The molecule has 0 unspecified atom stereocenters. The van der Waals surface area contributed by atoms with Crippen LogP contribution < -0.4 is 10.9 Å². The number of pyridine rings is 1. The van der Waals surface area contributed by atoms with Gasteiger partial charge < -0.3 is 4.57 Å². The molecule has 3 aromatic heterocycles.